The molecule has 0 spiro atoms. The fraction of sp³-hybridized carbons (Fsp3) is 0.231. The third-order valence-electron chi connectivity index (χ3n) is 18.5. The van der Waals surface area contributed by atoms with Gasteiger partial charge in [-0.1, -0.05) is 182 Å². The van der Waals surface area contributed by atoms with Crippen molar-refractivity contribution in [1.29, 1.82) is 0 Å². The van der Waals surface area contributed by atoms with Crippen LogP contribution in [0.1, 0.15) is 159 Å². The van der Waals surface area contributed by atoms with E-state index in [1.165, 1.54) is 55.1 Å². The first-order valence-electron chi connectivity index (χ1n) is 36.2. The molecule has 17 nitrogen and oxygen atoms in total. The molecule has 4 heterocycles. The minimum Gasteiger partial charge on any atom is -0.487 e. The molecule has 3 atom stereocenters. The van der Waals surface area contributed by atoms with Gasteiger partial charge in [-0.05, 0) is 188 Å². The standard InChI is InChI=1S/C31H29FN4O3.C31H29FN2O2.C29H27FN4O2/c1-20(37)39-29(18-34-36-33)26-14-13-25(17-27(26)30(31(2,3)4)21-8-6-5-7-9-21)38-19-24-12-10-22-16-23(32)11-15-28(22)35-24;1-20-33-18-29(36-20)26-14-13-25(17-27(26)30(31(2,3)4)21-8-6-5-7-9-21)35-19-24-12-10-22-16-23(32)11-15-28(22)34-24;1-29(2,3)28(19-7-5-4-6-8-19)25-16-23(12-13-24(25)27(35)17-32-34-31)36-18-22-11-9-20-15-21(30)10-14-26(20)33-22/h5-18,30H,19H2,1-4H3;5-18,30H,19H2,1-4H3;4-16,28H,17-18H2,1-3H3/b29-18-;;. The zero-order chi connectivity index (χ0) is 79.0. The van der Waals surface area contributed by atoms with E-state index in [4.69, 9.17) is 34.4 Å². The number of ether oxygens (including phenoxy) is 4. The fourth-order valence-corrected chi connectivity index (χ4v) is 13.9. The van der Waals surface area contributed by atoms with Crippen LogP contribution in [0.2, 0.25) is 0 Å². The molecule has 3 unspecified atom stereocenters. The highest BCUT2D eigenvalue weighted by molar-refractivity contribution is 5.99. The number of nitrogens with zero attached hydrogens (tertiary/aromatic N) is 10. The molecule has 0 aliphatic rings. The molecular weight excluding hydrogens is 1400 g/mol. The topological polar surface area (TPSA) is 233 Å². The van der Waals surface area contributed by atoms with Crippen LogP contribution in [0, 0.1) is 40.6 Å². The van der Waals surface area contributed by atoms with Crippen molar-refractivity contribution in [3.63, 3.8) is 0 Å². The van der Waals surface area contributed by atoms with Gasteiger partial charge in [0.15, 0.2) is 17.4 Å². The summed E-state index contributed by atoms with van der Waals surface area (Å²) in [7, 11) is 0. The van der Waals surface area contributed by atoms with E-state index in [1.54, 1.807) is 54.7 Å². The number of carbonyl (C=O) groups excluding carboxylic acids is 2. The number of aromatic nitrogens is 4. The van der Waals surface area contributed by atoms with Gasteiger partial charge in [-0.15, -0.1) is 0 Å². The van der Waals surface area contributed by atoms with Crippen LogP contribution in [0.25, 0.3) is 70.7 Å². The van der Waals surface area contributed by atoms with Gasteiger partial charge < -0.3 is 23.4 Å². The lowest BCUT2D eigenvalue weighted by atomic mass is 9.71. The molecule has 0 saturated heterocycles. The minimum atomic E-state index is -0.532. The largest absolute Gasteiger partial charge is 0.487 e. The van der Waals surface area contributed by atoms with Crippen LogP contribution < -0.4 is 14.2 Å². The lowest BCUT2D eigenvalue weighted by Crippen LogP contribution is -2.22. The number of aryl methyl sites for hydroxylation is 1. The Morgan fingerprint density at radius 3 is 1.24 bits per heavy atom. The molecule has 13 aromatic rings. The Labute approximate surface area is 643 Å². The van der Waals surface area contributed by atoms with E-state index < -0.39 is 5.97 Å². The molecular formula is C91H85F3N10O7. The van der Waals surface area contributed by atoms with E-state index in [0.717, 1.165) is 66.9 Å². The highest BCUT2D eigenvalue weighted by Crippen LogP contribution is 2.48. The van der Waals surface area contributed by atoms with Gasteiger partial charge in [0.25, 0.3) is 0 Å². The Morgan fingerprint density at radius 1 is 0.477 bits per heavy atom. The number of hydrogen-bond acceptors (Lipinski definition) is 13. The summed E-state index contributed by atoms with van der Waals surface area (Å²) in [5, 5.41) is 9.23. The number of benzene rings is 9. The summed E-state index contributed by atoms with van der Waals surface area (Å²) in [4.78, 5) is 48.6. The Hall–Kier alpha value is -12.9. The van der Waals surface area contributed by atoms with Crippen LogP contribution in [0.3, 0.4) is 0 Å². The summed E-state index contributed by atoms with van der Waals surface area (Å²) in [6.07, 6.45) is 2.98. The molecule has 0 bridgehead atoms. The SMILES string of the molecule is CC(=O)O/C(=C\N=[N+]=[N-])c1ccc(OCc2ccc3cc(F)ccc3n2)cc1C(c1ccccc1)C(C)(C)C.CC(C)(C)C(c1ccccc1)c1cc(OCc2ccc3cc(F)ccc3n2)ccc1C(=O)CN=[N+]=[N-].Cc1ncc(-c2ccc(OCc3ccc4cc(F)ccc4n3)cc2C(c2ccccc2)C(C)(C)C)o1. The van der Waals surface area contributed by atoms with Crippen molar-refractivity contribution in [2.24, 2.45) is 26.5 Å². The van der Waals surface area contributed by atoms with Crippen molar-refractivity contribution in [2.75, 3.05) is 6.54 Å². The summed E-state index contributed by atoms with van der Waals surface area (Å²) in [5.74, 6) is 1.64. The first-order valence-corrected chi connectivity index (χ1v) is 36.2. The van der Waals surface area contributed by atoms with E-state index in [1.807, 2.05) is 116 Å². The van der Waals surface area contributed by atoms with Gasteiger partial charge in [-0.25, -0.2) is 33.1 Å². The normalized spacial score (nSPS) is 12.4. The second kappa shape index (κ2) is 35.4. The van der Waals surface area contributed by atoms with E-state index in [-0.39, 0.29) is 82.8 Å². The molecule has 9 aromatic carbocycles. The quantitative estimate of drug-likeness (QED) is 0.0155. The maximum Gasteiger partial charge on any atom is 0.308 e. The number of hydrogen-bond donors (Lipinski definition) is 0. The molecule has 0 aliphatic carbocycles. The average Bonchev–Trinajstić information content (AvgIpc) is 1.49. The number of ketones is 1. The molecule has 0 N–H and O–H groups in total. The molecule has 20 heteroatoms. The highest BCUT2D eigenvalue weighted by Gasteiger charge is 2.35. The zero-order valence-electron chi connectivity index (χ0n) is 63.7. The van der Waals surface area contributed by atoms with Crippen molar-refractivity contribution >= 4 is 50.2 Å². The summed E-state index contributed by atoms with van der Waals surface area (Å²) in [6.45, 7) is 23.1. The zero-order valence-corrected chi connectivity index (χ0v) is 63.7. The molecule has 111 heavy (non-hydrogen) atoms. The van der Waals surface area contributed by atoms with E-state index in [9.17, 15) is 22.8 Å². The number of Topliss-reactive ketones (excluding diaryl/α,β-unsaturated/α-hetero) is 1. The molecule has 562 valence electrons. The van der Waals surface area contributed by atoms with Gasteiger partial charge >= 0.3 is 5.97 Å². The fourth-order valence-electron chi connectivity index (χ4n) is 13.9. The molecule has 0 amide bonds. The number of rotatable bonds is 22. The van der Waals surface area contributed by atoms with Crippen molar-refractivity contribution in [3.05, 3.63) is 355 Å². The number of oxazole rings is 1. The smallest absolute Gasteiger partial charge is 0.308 e. The van der Waals surface area contributed by atoms with Crippen LogP contribution >= 0.6 is 0 Å². The van der Waals surface area contributed by atoms with Gasteiger partial charge in [0.05, 0.1) is 46.4 Å². The van der Waals surface area contributed by atoms with Crippen molar-refractivity contribution in [3.8, 4) is 28.6 Å². The number of pyridine rings is 3. The summed E-state index contributed by atoms with van der Waals surface area (Å²) in [6, 6.07) is 72.0. The average molecular weight is 1490 g/mol. The minimum absolute atomic E-state index is 0.0705. The van der Waals surface area contributed by atoms with Gasteiger partial charge in [-0.3, -0.25) is 9.59 Å². The third-order valence-corrected chi connectivity index (χ3v) is 18.5. The van der Waals surface area contributed by atoms with Crippen LogP contribution in [0.5, 0.6) is 17.2 Å². The second-order valence-corrected chi connectivity index (χ2v) is 30.0. The number of halogens is 3. The Morgan fingerprint density at radius 2 is 0.865 bits per heavy atom. The van der Waals surface area contributed by atoms with Gasteiger partial charge in [-0.2, -0.15) is 0 Å². The monoisotopic (exact) mass is 1490 g/mol. The molecule has 0 aliphatic heterocycles. The lowest BCUT2D eigenvalue weighted by molar-refractivity contribution is -0.134. The maximum absolute atomic E-state index is 13.5. The maximum atomic E-state index is 13.5. The molecule has 0 fully saturated rings. The third kappa shape index (κ3) is 20.7. The van der Waals surface area contributed by atoms with E-state index in [0.29, 0.717) is 62.9 Å². The van der Waals surface area contributed by atoms with Gasteiger partial charge in [0, 0.05) is 80.5 Å². The summed E-state index contributed by atoms with van der Waals surface area (Å²) in [5.41, 5.74) is 29.6. The molecule has 4 aromatic heterocycles. The summed E-state index contributed by atoms with van der Waals surface area (Å²) < 4.78 is 70.4. The van der Waals surface area contributed by atoms with Crippen LogP contribution in [-0.4, -0.2) is 38.2 Å². The predicted molar refractivity (Wildman–Crippen MR) is 428 cm³/mol. The number of carbonyl (C=O) groups is 2. The van der Waals surface area contributed by atoms with Crippen LogP contribution in [0.4, 0.5) is 13.2 Å². The second-order valence-electron chi connectivity index (χ2n) is 30.0. The van der Waals surface area contributed by atoms with Crippen LogP contribution in [0.15, 0.2) is 264 Å². The Kier molecular flexibility index (Phi) is 25.3. The molecule has 13 rings (SSSR count). The molecule has 0 saturated carbocycles. The van der Waals surface area contributed by atoms with Crippen molar-refractivity contribution in [2.45, 2.75) is 114 Å². The van der Waals surface area contributed by atoms with Crippen LogP contribution in [-0.2, 0) is 29.4 Å². The predicted octanol–water partition coefficient (Wildman–Crippen LogP) is 24.0. The number of azide groups is 2. The summed E-state index contributed by atoms with van der Waals surface area (Å²) >= 11 is 0. The number of esters is 1. The van der Waals surface area contributed by atoms with Gasteiger partial charge in [0.2, 0.25) is 0 Å². The van der Waals surface area contributed by atoms with Gasteiger partial charge in [0.1, 0.15) is 60.3 Å². The first-order chi connectivity index (χ1) is 53.2. The first kappa shape index (κ1) is 79.2. The highest BCUT2D eigenvalue weighted by atomic mass is 19.1. The lowest BCUT2D eigenvalue weighted by Gasteiger charge is -2.33. The van der Waals surface area contributed by atoms with E-state index >= 15 is 0 Å². The Balaban J connectivity index is 0.000000165. The van der Waals surface area contributed by atoms with Crippen molar-refractivity contribution in [1.82, 2.24) is 19.9 Å². The number of fused-ring (bicyclic) bond motifs is 3. The van der Waals surface area contributed by atoms with Crippen molar-refractivity contribution < 1.29 is 46.1 Å². The Bertz CT molecular complexity index is 5610. The molecule has 0 radical (unpaired) electrons. The van der Waals surface area contributed by atoms with E-state index in [2.05, 4.69) is 145 Å².